The SMILES string of the molecule is c1ccc(-c2cc(-c3ccccc3)nc(-n3c4ccccc4c4cc(-n5c6ccccc6c6ccccc65)c5c6ccccc6n(-c6ccccc6)c5c43)c2)cc1. The zero-order valence-corrected chi connectivity index (χ0v) is 30.9. The lowest BCUT2D eigenvalue weighted by molar-refractivity contribution is 1.08. The van der Waals surface area contributed by atoms with E-state index >= 15 is 0 Å². The first-order valence-electron chi connectivity index (χ1n) is 19.5. The predicted molar refractivity (Wildman–Crippen MR) is 238 cm³/mol. The van der Waals surface area contributed by atoms with E-state index in [0.29, 0.717) is 0 Å². The lowest BCUT2D eigenvalue weighted by atomic mass is 10.0. The lowest BCUT2D eigenvalue weighted by Gasteiger charge is -2.16. The molecule has 0 radical (unpaired) electrons. The summed E-state index contributed by atoms with van der Waals surface area (Å²) in [5, 5.41) is 7.22. The van der Waals surface area contributed by atoms with Gasteiger partial charge in [-0.15, -0.1) is 0 Å². The maximum Gasteiger partial charge on any atom is 0.138 e. The Balaban J connectivity index is 1.32. The molecule has 12 aromatic rings. The Kier molecular flexibility index (Phi) is 6.89. The van der Waals surface area contributed by atoms with Crippen LogP contribution in [-0.2, 0) is 0 Å². The van der Waals surface area contributed by atoms with Gasteiger partial charge in [0.25, 0.3) is 0 Å². The minimum atomic E-state index is 0.872. The van der Waals surface area contributed by atoms with Crippen LogP contribution in [0.2, 0.25) is 0 Å². The standard InChI is InChI=1S/C53H34N4/c1-4-18-35(19-5-1)37-32-44(36-20-6-2-7-21-36)54-50(33-37)57-47-30-16-12-26-41(47)43-34-49(56-45-28-14-10-24-39(45)40-25-11-15-29-46(40)56)51-42-27-13-17-31-48(42)55(53(51)52(43)57)38-22-8-3-9-23-38/h1-34H. The van der Waals surface area contributed by atoms with E-state index in [0.717, 1.165) is 61.6 Å². The third-order valence-corrected chi connectivity index (χ3v) is 11.6. The number of hydrogen-bond acceptors (Lipinski definition) is 1. The van der Waals surface area contributed by atoms with Crippen LogP contribution in [-0.4, -0.2) is 18.7 Å². The second-order valence-corrected chi connectivity index (χ2v) is 14.8. The number of fused-ring (bicyclic) bond motifs is 10. The normalized spacial score (nSPS) is 11.9. The van der Waals surface area contributed by atoms with Crippen LogP contribution < -0.4 is 0 Å². The van der Waals surface area contributed by atoms with E-state index < -0.39 is 0 Å². The van der Waals surface area contributed by atoms with Crippen molar-refractivity contribution in [3.63, 3.8) is 0 Å². The van der Waals surface area contributed by atoms with Gasteiger partial charge in [0.2, 0.25) is 0 Å². The molecule has 0 atom stereocenters. The molecule has 8 aromatic carbocycles. The molecule has 0 unspecified atom stereocenters. The maximum atomic E-state index is 5.54. The summed E-state index contributed by atoms with van der Waals surface area (Å²) in [6.07, 6.45) is 0. The maximum absolute atomic E-state index is 5.54. The van der Waals surface area contributed by atoms with Crippen molar-refractivity contribution in [1.29, 1.82) is 0 Å². The molecule has 0 spiro atoms. The fraction of sp³-hybridized carbons (Fsp3) is 0. The van der Waals surface area contributed by atoms with Gasteiger partial charge in [0.1, 0.15) is 5.82 Å². The van der Waals surface area contributed by atoms with E-state index in [9.17, 15) is 0 Å². The molecule has 0 aliphatic rings. The van der Waals surface area contributed by atoms with Crippen LogP contribution in [0.1, 0.15) is 0 Å². The van der Waals surface area contributed by atoms with Crippen LogP contribution in [0.3, 0.4) is 0 Å². The minimum Gasteiger partial charge on any atom is -0.309 e. The van der Waals surface area contributed by atoms with E-state index in [1.807, 2.05) is 0 Å². The van der Waals surface area contributed by atoms with Gasteiger partial charge in [-0.05, 0) is 65.7 Å². The highest BCUT2D eigenvalue weighted by atomic mass is 15.1. The van der Waals surface area contributed by atoms with E-state index in [4.69, 9.17) is 4.98 Å². The topological polar surface area (TPSA) is 27.7 Å². The highest BCUT2D eigenvalue weighted by molar-refractivity contribution is 6.27. The summed E-state index contributed by atoms with van der Waals surface area (Å²) in [6, 6.07) is 74.2. The Bertz CT molecular complexity index is 3390. The fourth-order valence-corrected chi connectivity index (χ4v) is 9.20. The Morgan fingerprint density at radius 3 is 1.40 bits per heavy atom. The summed E-state index contributed by atoms with van der Waals surface area (Å²) >= 11 is 0. The first-order valence-corrected chi connectivity index (χ1v) is 19.5. The van der Waals surface area contributed by atoms with Crippen LogP contribution in [0.25, 0.3) is 105 Å². The molecular weight excluding hydrogens is 693 g/mol. The number of pyridine rings is 1. The van der Waals surface area contributed by atoms with E-state index in [-0.39, 0.29) is 0 Å². The number of nitrogens with zero attached hydrogens (tertiary/aromatic N) is 4. The summed E-state index contributed by atoms with van der Waals surface area (Å²) in [7, 11) is 0. The summed E-state index contributed by atoms with van der Waals surface area (Å²) in [6.45, 7) is 0. The Hall–Kier alpha value is -7.69. The zero-order chi connectivity index (χ0) is 37.5. The number of rotatable bonds is 5. The average molecular weight is 727 g/mol. The molecule has 0 fully saturated rings. The van der Waals surface area contributed by atoms with Gasteiger partial charge in [0, 0.05) is 43.6 Å². The van der Waals surface area contributed by atoms with Gasteiger partial charge in [0.05, 0.1) is 44.5 Å². The highest BCUT2D eigenvalue weighted by Crippen LogP contribution is 2.46. The van der Waals surface area contributed by atoms with Crippen molar-refractivity contribution < 1.29 is 0 Å². The molecule has 4 aromatic heterocycles. The molecule has 0 saturated heterocycles. The van der Waals surface area contributed by atoms with Gasteiger partial charge < -0.3 is 9.13 Å². The number of para-hydroxylation sites is 5. The van der Waals surface area contributed by atoms with Crippen molar-refractivity contribution >= 4 is 65.4 Å². The van der Waals surface area contributed by atoms with Gasteiger partial charge in [-0.3, -0.25) is 4.57 Å². The molecule has 0 amide bonds. The van der Waals surface area contributed by atoms with Crippen molar-refractivity contribution in [2.24, 2.45) is 0 Å². The molecule has 57 heavy (non-hydrogen) atoms. The van der Waals surface area contributed by atoms with Crippen LogP contribution >= 0.6 is 0 Å². The first-order chi connectivity index (χ1) is 28.3. The molecule has 266 valence electrons. The second kappa shape index (κ2) is 12.4. The number of aromatic nitrogens is 4. The van der Waals surface area contributed by atoms with Gasteiger partial charge in [-0.2, -0.15) is 0 Å². The van der Waals surface area contributed by atoms with E-state index in [2.05, 4.69) is 220 Å². The Labute approximate surface area is 328 Å². The van der Waals surface area contributed by atoms with E-state index in [1.54, 1.807) is 0 Å². The summed E-state index contributed by atoms with van der Waals surface area (Å²) in [5.41, 5.74) is 13.4. The summed E-state index contributed by atoms with van der Waals surface area (Å²) in [4.78, 5) is 5.54. The van der Waals surface area contributed by atoms with Crippen LogP contribution in [0.4, 0.5) is 0 Å². The van der Waals surface area contributed by atoms with Crippen LogP contribution in [0.15, 0.2) is 206 Å². The van der Waals surface area contributed by atoms with Crippen molar-refractivity contribution in [2.75, 3.05) is 0 Å². The smallest absolute Gasteiger partial charge is 0.138 e. The molecule has 12 rings (SSSR count). The van der Waals surface area contributed by atoms with Gasteiger partial charge in [-0.25, -0.2) is 4.98 Å². The van der Waals surface area contributed by atoms with Gasteiger partial charge >= 0.3 is 0 Å². The molecule has 0 bridgehead atoms. The first kappa shape index (κ1) is 31.6. The van der Waals surface area contributed by atoms with Crippen molar-refractivity contribution in [2.45, 2.75) is 0 Å². The fourth-order valence-electron chi connectivity index (χ4n) is 9.20. The average Bonchev–Trinajstić information content (AvgIpc) is 3.93. The zero-order valence-electron chi connectivity index (χ0n) is 30.9. The summed E-state index contributed by atoms with van der Waals surface area (Å²) in [5.74, 6) is 0.872. The Morgan fingerprint density at radius 1 is 0.316 bits per heavy atom. The summed E-state index contributed by atoms with van der Waals surface area (Å²) < 4.78 is 7.38. The van der Waals surface area contributed by atoms with Crippen molar-refractivity contribution in [1.82, 2.24) is 18.7 Å². The largest absolute Gasteiger partial charge is 0.309 e. The predicted octanol–water partition coefficient (Wildman–Crippen LogP) is 13.7. The minimum absolute atomic E-state index is 0.872. The highest BCUT2D eigenvalue weighted by Gasteiger charge is 2.26. The molecule has 4 heterocycles. The van der Waals surface area contributed by atoms with Crippen molar-refractivity contribution in [3.8, 4) is 39.6 Å². The quantitative estimate of drug-likeness (QED) is 0.174. The third kappa shape index (κ3) is 4.71. The molecule has 0 N–H and O–H groups in total. The number of hydrogen-bond donors (Lipinski definition) is 0. The number of benzene rings is 8. The third-order valence-electron chi connectivity index (χ3n) is 11.6. The van der Waals surface area contributed by atoms with Crippen LogP contribution in [0, 0.1) is 0 Å². The van der Waals surface area contributed by atoms with Gasteiger partial charge in [0.15, 0.2) is 0 Å². The molecule has 4 heteroatoms. The second-order valence-electron chi connectivity index (χ2n) is 14.8. The molecular formula is C53H34N4. The molecule has 0 saturated carbocycles. The Morgan fingerprint density at radius 2 is 0.789 bits per heavy atom. The van der Waals surface area contributed by atoms with Crippen molar-refractivity contribution in [3.05, 3.63) is 206 Å². The monoisotopic (exact) mass is 726 g/mol. The van der Waals surface area contributed by atoms with E-state index in [1.165, 1.54) is 43.4 Å². The van der Waals surface area contributed by atoms with Crippen LogP contribution in [0.5, 0.6) is 0 Å². The molecule has 4 nitrogen and oxygen atoms in total. The van der Waals surface area contributed by atoms with Gasteiger partial charge in [-0.1, -0.05) is 152 Å². The lowest BCUT2D eigenvalue weighted by Crippen LogP contribution is -2.03. The molecule has 0 aliphatic carbocycles. The molecule has 0 aliphatic heterocycles.